The summed E-state index contributed by atoms with van der Waals surface area (Å²) >= 11 is 0. The molecule has 2 rings (SSSR count). The second-order valence-corrected chi connectivity index (χ2v) is 6.45. The Bertz CT molecular complexity index is 454. The molecular formula is C19H30N2O2. The Kier molecular flexibility index (Phi) is 7.76. The van der Waals surface area contributed by atoms with Crippen LogP contribution in [0.4, 0.5) is 0 Å². The molecule has 1 aliphatic heterocycles. The lowest BCUT2D eigenvalue weighted by molar-refractivity contribution is -0.0140. The Labute approximate surface area is 140 Å². The molecule has 0 spiro atoms. The fraction of sp³-hybridized carbons (Fsp3) is 0.579. The van der Waals surface area contributed by atoms with E-state index in [1.807, 2.05) is 19.9 Å². The van der Waals surface area contributed by atoms with Gasteiger partial charge in [0.15, 0.2) is 0 Å². The van der Waals surface area contributed by atoms with Crippen LogP contribution in [0, 0.1) is 0 Å². The van der Waals surface area contributed by atoms with Gasteiger partial charge in [-0.1, -0.05) is 42.5 Å². The van der Waals surface area contributed by atoms with Crippen LogP contribution in [-0.4, -0.2) is 73.0 Å². The summed E-state index contributed by atoms with van der Waals surface area (Å²) in [5, 5.41) is 9.99. The quantitative estimate of drug-likeness (QED) is 0.796. The molecule has 1 heterocycles. The molecule has 1 N–H and O–H groups in total. The van der Waals surface area contributed by atoms with Crippen LogP contribution >= 0.6 is 0 Å². The first kappa shape index (κ1) is 18.1. The summed E-state index contributed by atoms with van der Waals surface area (Å²) in [7, 11) is 0. The minimum absolute atomic E-state index is 0.179. The van der Waals surface area contributed by atoms with Crippen LogP contribution in [0.25, 0.3) is 6.08 Å². The lowest BCUT2D eigenvalue weighted by Gasteiger charge is -2.35. The number of nitrogens with zero attached hydrogens (tertiary/aromatic N) is 2. The summed E-state index contributed by atoms with van der Waals surface area (Å²) in [6, 6.07) is 10.4. The third kappa shape index (κ3) is 7.27. The van der Waals surface area contributed by atoms with Crippen molar-refractivity contribution >= 4 is 6.08 Å². The molecule has 1 aromatic carbocycles. The van der Waals surface area contributed by atoms with Crippen molar-refractivity contribution in [2.75, 3.05) is 45.9 Å². The van der Waals surface area contributed by atoms with Gasteiger partial charge in [-0.25, -0.2) is 0 Å². The average molecular weight is 318 g/mol. The van der Waals surface area contributed by atoms with Crippen molar-refractivity contribution in [2.45, 2.75) is 26.1 Å². The molecule has 1 fully saturated rings. The molecule has 0 amide bonds. The topological polar surface area (TPSA) is 35.9 Å². The summed E-state index contributed by atoms with van der Waals surface area (Å²) in [4.78, 5) is 4.78. The zero-order valence-electron chi connectivity index (χ0n) is 14.4. The Morgan fingerprint density at radius 1 is 1.09 bits per heavy atom. The minimum atomic E-state index is -0.387. The number of rotatable bonds is 8. The van der Waals surface area contributed by atoms with Crippen LogP contribution in [0.3, 0.4) is 0 Å². The highest BCUT2D eigenvalue weighted by atomic mass is 16.5. The number of aliphatic hydroxyl groups is 1. The molecule has 4 nitrogen and oxygen atoms in total. The van der Waals surface area contributed by atoms with Gasteiger partial charge in [-0.2, -0.15) is 0 Å². The maximum atomic E-state index is 9.99. The van der Waals surface area contributed by atoms with Gasteiger partial charge in [-0.05, 0) is 19.4 Å². The lowest BCUT2D eigenvalue weighted by atomic mass is 10.2. The third-order valence-corrected chi connectivity index (χ3v) is 4.03. The van der Waals surface area contributed by atoms with Crippen LogP contribution in [0.2, 0.25) is 0 Å². The van der Waals surface area contributed by atoms with Crippen molar-refractivity contribution in [3.05, 3.63) is 42.0 Å². The molecule has 0 aromatic heterocycles. The Morgan fingerprint density at radius 2 is 1.74 bits per heavy atom. The van der Waals surface area contributed by atoms with Gasteiger partial charge in [0.05, 0.1) is 18.8 Å². The first-order valence-electron chi connectivity index (χ1n) is 8.59. The first-order valence-corrected chi connectivity index (χ1v) is 8.59. The summed E-state index contributed by atoms with van der Waals surface area (Å²) in [5.41, 5.74) is 1.25. The Hall–Kier alpha value is -1.20. The third-order valence-electron chi connectivity index (χ3n) is 4.03. The normalized spacial score (nSPS) is 18.8. The highest BCUT2D eigenvalue weighted by molar-refractivity contribution is 5.48. The average Bonchev–Trinajstić information content (AvgIpc) is 2.56. The Balaban J connectivity index is 1.63. The molecule has 1 aliphatic rings. The van der Waals surface area contributed by atoms with Gasteiger partial charge < -0.3 is 9.84 Å². The van der Waals surface area contributed by atoms with Gasteiger partial charge in [-0.3, -0.25) is 9.80 Å². The first-order chi connectivity index (χ1) is 11.1. The number of aliphatic hydroxyl groups excluding tert-OH is 1. The summed E-state index contributed by atoms with van der Waals surface area (Å²) in [6.07, 6.45) is 4.20. The number of ether oxygens (including phenoxy) is 1. The van der Waals surface area contributed by atoms with E-state index in [9.17, 15) is 5.11 Å². The van der Waals surface area contributed by atoms with Gasteiger partial charge in [0.25, 0.3) is 0 Å². The Morgan fingerprint density at radius 3 is 2.39 bits per heavy atom. The summed E-state index contributed by atoms with van der Waals surface area (Å²) < 4.78 is 5.47. The van der Waals surface area contributed by atoms with E-state index < -0.39 is 0 Å². The largest absolute Gasteiger partial charge is 0.389 e. The molecule has 1 saturated heterocycles. The molecule has 1 aromatic rings. The molecule has 128 valence electrons. The number of hydrogen-bond acceptors (Lipinski definition) is 4. The minimum Gasteiger partial charge on any atom is -0.389 e. The van der Waals surface area contributed by atoms with E-state index in [0.29, 0.717) is 13.2 Å². The molecule has 0 radical (unpaired) electrons. The molecule has 0 bridgehead atoms. The van der Waals surface area contributed by atoms with E-state index >= 15 is 0 Å². The predicted octanol–water partition coefficient (Wildman–Crippen LogP) is 2.10. The molecule has 0 aliphatic carbocycles. The van der Waals surface area contributed by atoms with E-state index in [-0.39, 0.29) is 12.2 Å². The number of β-amino-alcohol motifs (C(OH)–C–C–N with tert-alkyl or cyclic N) is 1. The zero-order valence-corrected chi connectivity index (χ0v) is 14.4. The van der Waals surface area contributed by atoms with E-state index in [1.54, 1.807) is 0 Å². The van der Waals surface area contributed by atoms with Crippen molar-refractivity contribution in [3.8, 4) is 0 Å². The summed E-state index contributed by atoms with van der Waals surface area (Å²) in [6.45, 7) is 10.2. The molecule has 4 heteroatoms. The van der Waals surface area contributed by atoms with Gasteiger partial charge in [0.1, 0.15) is 0 Å². The van der Waals surface area contributed by atoms with Crippen molar-refractivity contribution in [1.29, 1.82) is 0 Å². The fourth-order valence-electron chi connectivity index (χ4n) is 2.71. The van der Waals surface area contributed by atoms with Gasteiger partial charge in [0, 0.05) is 39.3 Å². The molecule has 1 unspecified atom stereocenters. The van der Waals surface area contributed by atoms with E-state index in [4.69, 9.17) is 4.74 Å². The highest BCUT2D eigenvalue weighted by Crippen LogP contribution is 2.05. The second-order valence-electron chi connectivity index (χ2n) is 6.45. The zero-order chi connectivity index (χ0) is 16.5. The molecular weight excluding hydrogens is 288 g/mol. The standard InChI is InChI=1S/C19H30N2O2/c1-17(2)23-16-19(22)15-21-13-11-20(12-14-21)10-6-9-18-7-4-3-5-8-18/h3-9,17,19,22H,10-16H2,1-2H3/b9-6+. The van der Waals surface area contributed by atoms with Crippen LogP contribution in [0.15, 0.2) is 36.4 Å². The van der Waals surface area contributed by atoms with Gasteiger partial charge in [0.2, 0.25) is 0 Å². The smallest absolute Gasteiger partial charge is 0.0900 e. The maximum absolute atomic E-state index is 9.99. The lowest BCUT2D eigenvalue weighted by Crippen LogP contribution is -2.49. The SMILES string of the molecule is CC(C)OCC(O)CN1CCN(C/C=C/c2ccccc2)CC1. The van der Waals surface area contributed by atoms with Crippen LogP contribution in [0.5, 0.6) is 0 Å². The van der Waals surface area contributed by atoms with Crippen LogP contribution in [-0.2, 0) is 4.74 Å². The van der Waals surface area contributed by atoms with Crippen LogP contribution in [0.1, 0.15) is 19.4 Å². The van der Waals surface area contributed by atoms with E-state index in [1.165, 1.54) is 5.56 Å². The highest BCUT2D eigenvalue weighted by Gasteiger charge is 2.18. The predicted molar refractivity (Wildman–Crippen MR) is 95.5 cm³/mol. The number of piperazine rings is 1. The van der Waals surface area contributed by atoms with Gasteiger partial charge >= 0.3 is 0 Å². The van der Waals surface area contributed by atoms with E-state index in [2.05, 4.69) is 46.2 Å². The van der Waals surface area contributed by atoms with Crippen molar-refractivity contribution in [2.24, 2.45) is 0 Å². The van der Waals surface area contributed by atoms with Crippen molar-refractivity contribution in [1.82, 2.24) is 9.80 Å². The van der Waals surface area contributed by atoms with Crippen LogP contribution < -0.4 is 0 Å². The van der Waals surface area contributed by atoms with Crippen molar-refractivity contribution in [3.63, 3.8) is 0 Å². The fourth-order valence-corrected chi connectivity index (χ4v) is 2.71. The number of benzene rings is 1. The monoisotopic (exact) mass is 318 g/mol. The van der Waals surface area contributed by atoms with E-state index in [0.717, 1.165) is 32.7 Å². The summed E-state index contributed by atoms with van der Waals surface area (Å²) in [5.74, 6) is 0. The molecule has 23 heavy (non-hydrogen) atoms. The number of hydrogen-bond donors (Lipinski definition) is 1. The van der Waals surface area contributed by atoms with Crippen molar-refractivity contribution < 1.29 is 9.84 Å². The second kappa shape index (κ2) is 9.83. The maximum Gasteiger partial charge on any atom is 0.0900 e. The molecule has 0 saturated carbocycles. The van der Waals surface area contributed by atoms with Gasteiger partial charge in [-0.15, -0.1) is 0 Å². The molecule has 1 atom stereocenters.